The van der Waals surface area contributed by atoms with Crippen molar-refractivity contribution in [2.75, 3.05) is 0 Å². The summed E-state index contributed by atoms with van der Waals surface area (Å²) in [6, 6.07) is 6.73. The minimum absolute atomic E-state index is 0.0870. The predicted octanol–water partition coefficient (Wildman–Crippen LogP) is 5.72. The fraction of sp³-hybridized carbons (Fsp3) is 0.364. The van der Waals surface area contributed by atoms with Crippen LogP contribution in [0.3, 0.4) is 0 Å². The van der Waals surface area contributed by atoms with Gasteiger partial charge in [0.05, 0.1) is 4.91 Å². The number of amides is 2. The molecule has 1 aliphatic heterocycles. The molecule has 0 aromatic heterocycles. The molecule has 2 amide bonds. The second kappa shape index (κ2) is 7.67. The van der Waals surface area contributed by atoms with E-state index in [1.165, 1.54) is 11.1 Å². The van der Waals surface area contributed by atoms with Crippen molar-refractivity contribution in [3.63, 3.8) is 0 Å². The van der Waals surface area contributed by atoms with Crippen molar-refractivity contribution in [3.8, 4) is 0 Å². The monoisotopic (exact) mass is 369 g/mol. The molecular weight excluding hydrogens is 342 g/mol. The SMILES string of the molecule is CC(C)(C)c1cc(/C=C/C=C/C=C2\SC(=O)NC2=O)cc(C(C)(C)C)c1. The van der Waals surface area contributed by atoms with E-state index in [1.54, 1.807) is 12.2 Å². The number of benzene rings is 1. The van der Waals surface area contributed by atoms with Gasteiger partial charge in [-0.15, -0.1) is 0 Å². The summed E-state index contributed by atoms with van der Waals surface area (Å²) >= 11 is 0.924. The Bertz CT molecular complexity index is 770. The summed E-state index contributed by atoms with van der Waals surface area (Å²) in [5, 5.41) is 1.92. The van der Waals surface area contributed by atoms with Gasteiger partial charge in [0, 0.05) is 0 Å². The molecule has 0 radical (unpaired) electrons. The molecule has 1 N–H and O–H groups in total. The average molecular weight is 370 g/mol. The van der Waals surface area contributed by atoms with E-state index in [0.29, 0.717) is 4.91 Å². The normalized spacial score (nSPS) is 17.7. The van der Waals surface area contributed by atoms with E-state index >= 15 is 0 Å². The maximum Gasteiger partial charge on any atom is 0.290 e. The van der Waals surface area contributed by atoms with Gasteiger partial charge in [-0.25, -0.2) is 0 Å². The Morgan fingerprint density at radius 3 is 1.88 bits per heavy atom. The number of hydrogen-bond acceptors (Lipinski definition) is 3. The van der Waals surface area contributed by atoms with Crippen LogP contribution < -0.4 is 5.32 Å². The van der Waals surface area contributed by atoms with Crippen molar-refractivity contribution in [1.82, 2.24) is 5.32 Å². The van der Waals surface area contributed by atoms with E-state index in [-0.39, 0.29) is 22.0 Å². The lowest BCUT2D eigenvalue weighted by atomic mass is 9.79. The molecule has 1 aromatic rings. The van der Waals surface area contributed by atoms with Crippen LogP contribution in [0.15, 0.2) is 47.4 Å². The second-order valence-corrected chi connectivity index (χ2v) is 9.48. The predicted molar refractivity (Wildman–Crippen MR) is 111 cm³/mol. The summed E-state index contributed by atoms with van der Waals surface area (Å²) in [6.45, 7) is 13.3. The van der Waals surface area contributed by atoms with Crippen molar-refractivity contribution in [2.45, 2.75) is 52.4 Å². The van der Waals surface area contributed by atoms with Gasteiger partial charge < -0.3 is 0 Å². The Hall–Kier alpha value is -2.07. The zero-order chi connectivity index (χ0) is 19.5. The first-order chi connectivity index (χ1) is 12.0. The van der Waals surface area contributed by atoms with Crippen molar-refractivity contribution >= 4 is 29.0 Å². The molecule has 0 unspecified atom stereocenters. The zero-order valence-electron chi connectivity index (χ0n) is 16.3. The van der Waals surface area contributed by atoms with E-state index in [4.69, 9.17) is 0 Å². The van der Waals surface area contributed by atoms with E-state index in [9.17, 15) is 9.59 Å². The van der Waals surface area contributed by atoms with Gasteiger partial charge in [-0.2, -0.15) is 0 Å². The number of nitrogens with one attached hydrogen (secondary N) is 1. The topological polar surface area (TPSA) is 46.2 Å². The Labute approximate surface area is 160 Å². The summed E-state index contributed by atoms with van der Waals surface area (Å²) in [7, 11) is 0. The van der Waals surface area contributed by atoms with Crippen molar-refractivity contribution < 1.29 is 9.59 Å². The molecule has 2 rings (SSSR count). The molecule has 0 spiro atoms. The van der Waals surface area contributed by atoms with Gasteiger partial charge in [0.25, 0.3) is 11.1 Å². The van der Waals surface area contributed by atoms with Gasteiger partial charge in [-0.3, -0.25) is 14.9 Å². The third-order valence-electron chi connectivity index (χ3n) is 4.09. The Kier molecular flexibility index (Phi) is 5.97. The molecule has 0 bridgehead atoms. The summed E-state index contributed by atoms with van der Waals surface area (Å²) in [5.41, 5.74) is 3.96. The molecule has 0 saturated carbocycles. The van der Waals surface area contributed by atoms with Gasteiger partial charge in [0.2, 0.25) is 0 Å². The number of hydrogen-bond donors (Lipinski definition) is 1. The Morgan fingerprint density at radius 2 is 1.42 bits per heavy atom. The first kappa shape index (κ1) is 20.2. The maximum atomic E-state index is 11.5. The van der Waals surface area contributed by atoms with Gasteiger partial charge in [-0.05, 0) is 45.4 Å². The van der Waals surface area contributed by atoms with Gasteiger partial charge >= 0.3 is 0 Å². The first-order valence-electron chi connectivity index (χ1n) is 8.71. The van der Waals surface area contributed by atoms with Crippen molar-refractivity contribution in [3.05, 3.63) is 64.1 Å². The molecule has 138 valence electrons. The zero-order valence-corrected chi connectivity index (χ0v) is 17.2. The quantitative estimate of drug-likeness (QED) is 0.547. The molecule has 1 saturated heterocycles. The highest BCUT2D eigenvalue weighted by molar-refractivity contribution is 8.18. The number of imide groups is 1. The molecule has 0 aliphatic carbocycles. The molecule has 4 heteroatoms. The summed E-state index contributed by atoms with van der Waals surface area (Å²) in [4.78, 5) is 23.0. The van der Waals surface area contributed by atoms with Crippen molar-refractivity contribution in [1.29, 1.82) is 0 Å². The standard InChI is InChI=1S/C22H27NO2S/c1-21(2,3)16-12-15(13-17(14-16)22(4,5)6)10-8-7-9-11-18-19(24)23-20(25)26-18/h7-14H,1-6H3,(H,23,24,25)/b9-7+,10-8+,18-11-. The summed E-state index contributed by atoms with van der Waals surface area (Å²) in [5.74, 6) is -0.332. The lowest BCUT2D eigenvalue weighted by Gasteiger charge is -2.25. The van der Waals surface area contributed by atoms with Gasteiger partial charge in [0.15, 0.2) is 0 Å². The van der Waals surface area contributed by atoms with Crippen LogP contribution in [0.4, 0.5) is 4.79 Å². The fourth-order valence-corrected chi connectivity index (χ4v) is 3.06. The minimum atomic E-state index is -0.332. The van der Waals surface area contributed by atoms with Crippen LogP contribution in [0.25, 0.3) is 6.08 Å². The number of carbonyl (C=O) groups excluding carboxylic acids is 2. The largest absolute Gasteiger partial charge is 0.290 e. The van der Waals surface area contributed by atoms with Crippen molar-refractivity contribution in [2.24, 2.45) is 0 Å². The molecule has 1 heterocycles. The lowest BCUT2D eigenvalue weighted by molar-refractivity contribution is -0.115. The molecule has 1 aromatic carbocycles. The highest BCUT2D eigenvalue weighted by Gasteiger charge is 2.24. The summed E-state index contributed by atoms with van der Waals surface area (Å²) < 4.78 is 0. The second-order valence-electron chi connectivity index (χ2n) is 8.46. The van der Waals surface area contributed by atoms with Gasteiger partial charge in [-0.1, -0.05) is 84.0 Å². The van der Waals surface area contributed by atoms with E-state index < -0.39 is 0 Å². The smallest absolute Gasteiger partial charge is 0.282 e. The molecule has 1 aliphatic rings. The fourth-order valence-electron chi connectivity index (χ4n) is 2.42. The molecule has 0 atom stereocenters. The summed E-state index contributed by atoms with van der Waals surface area (Å²) in [6.07, 6.45) is 9.30. The molecular formula is C22H27NO2S. The number of carbonyl (C=O) groups is 2. The van der Waals surface area contributed by atoms with Crippen LogP contribution in [0.2, 0.25) is 0 Å². The maximum absolute atomic E-state index is 11.5. The van der Waals surface area contributed by atoms with Crippen LogP contribution in [0, 0.1) is 0 Å². The Balaban J connectivity index is 2.21. The number of thioether (sulfide) groups is 1. The molecule has 26 heavy (non-hydrogen) atoms. The first-order valence-corrected chi connectivity index (χ1v) is 9.53. The highest BCUT2D eigenvalue weighted by Crippen LogP contribution is 2.30. The van der Waals surface area contributed by atoms with E-state index in [1.807, 2.05) is 12.2 Å². The van der Waals surface area contributed by atoms with Crippen LogP contribution >= 0.6 is 11.8 Å². The number of allylic oxidation sites excluding steroid dienone is 4. The van der Waals surface area contributed by atoms with Crippen LogP contribution in [-0.4, -0.2) is 11.1 Å². The van der Waals surface area contributed by atoms with Crippen LogP contribution in [0.5, 0.6) is 0 Å². The lowest BCUT2D eigenvalue weighted by Crippen LogP contribution is -2.17. The van der Waals surface area contributed by atoms with Gasteiger partial charge in [0.1, 0.15) is 0 Å². The van der Waals surface area contributed by atoms with E-state index in [0.717, 1.165) is 17.3 Å². The Morgan fingerprint density at radius 1 is 0.846 bits per heavy atom. The average Bonchev–Trinajstić information content (AvgIpc) is 2.83. The third kappa shape index (κ3) is 5.46. The van der Waals surface area contributed by atoms with Crippen LogP contribution in [-0.2, 0) is 15.6 Å². The minimum Gasteiger partial charge on any atom is -0.282 e. The number of rotatable bonds is 3. The van der Waals surface area contributed by atoms with Crippen LogP contribution in [0.1, 0.15) is 58.2 Å². The highest BCUT2D eigenvalue weighted by atomic mass is 32.2. The third-order valence-corrected chi connectivity index (χ3v) is 4.92. The van der Waals surface area contributed by atoms with E-state index in [2.05, 4.69) is 71.1 Å². The molecule has 1 fully saturated rings. The molecule has 3 nitrogen and oxygen atoms in total.